The number of aryl methyl sites for hydroxylation is 1. The summed E-state index contributed by atoms with van der Waals surface area (Å²) in [6.07, 6.45) is 6.95. The molecule has 0 unspecified atom stereocenters. The van der Waals surface area contributed by atoms with E-state index in [-0.39, 0.29) is 5.91 Å². The van der Waals surface area contributed by atoms with E-state index >= 15 is 0 Å². The molecule has 0 saturated carbocycles. The molecule has 0 atom stereocenters. The summed E-state index contributed by atoms with van der Waals surface area (Å²) in [5.74, 6) is 0.179. The molecule has 1 aromatic rings. The highest BCUT2D eigenvalue weighted by Gasteiger charge is 2.26. The van der Waals surface area contributed by atoms with Crippen LogP contribution in [-0.2, 0) is 6.42 Å². The number of amides is 1. The molecule has 5 heteroatoms. The van der Waals surface area contributed by atoms with Gasteiger partial charge in [0.2, 0.25) is 0 Å². The Morgan fingerprint density at radius 3 is 2.80 bits per heavy atom. The van der Waals surface area contributed by atoms with Crippen LogP contribution in [0.3, 0.4) is 0 Å². The fourth-order valence-electron chi connectivity index (χ4n) is 2.69. The molecule has 0 aliphatic carbocycles. The van der Waals surface area contributed by atoms with Crippen LogP contribution in [-0.4, -0.2) is 41.5 Å². The van der Waals surface area contributed by atoms with Gasteiger partial charge < -0.3 is 10.2 Å². The zero-order valence-corrected chi connectivity index (χ0v) is 13.3. The van der Waals surface area contributed by atoms with Crippen molar-refractivity contribution in [3.8, 4) is 0 Å². The van der Waals surface area contributed by atoms with Gasteiger partial charge in [-0.2, -0.15) is 0 Å². The van der Waals surface area contributed by atoms with Crippen LogP contribution in [0.5, 0.6) is 0 Å². The number of carbonyl (C=O) groups is 1. The Morgan fingerprint density at radius 1 is 1.40 bits per heavy atom. The minimum Gasteiger partial charge on any atom is -0.335 e. The summed E-state index contributed by atoms with van der Waals surface area (Å²) in [4.78, 5) is 20.0. The average molecular weight is 295 g/mol. The van der Waals surface area contributed by atoms with Crippen LogP contribution in [0.15, 0.2) is 6.20 Å². The summed E-state index contributed by atoms with van der Waals surface area (Å²) in [6, 6.07) is 0.389. The lowest BCUT2D eigenvalue weighted by atomic mass is 10.0. The van der Waals surface area contributed by atoms with E-state index in [0.29, 0.717) is 6.04 Å². The van der Waals surface area contributed by atoms with Crippen molar-refractivity contribution in [1.82, 2.24) is 15.2 Å². The standard InChI is InChI=1S/C15H25N3OS/c1-3-5-14-17-11-13(20-14)15(19)18(10-4-2)12-6-8-16-9-7-12/h11-12,16H,3-10H2,1-2H3. The number of thiazole rings is 1. The molecule has 2 heterocycles. The molecule has 1 saturated heterocycles. The van der Waals surface area contributed by atoms with Gasteiger partial charge in [0, 0.05) is 12.6 Å². The van der Waals surface area contributed by atoms with E-state index in [4.69, 9.17) is 0 Å². The van der Waals surface area contributed by atoms with Crippen LogP contribution in [0.25, 0.3) is 0 Å². The minimum atomic E-state index is 0.179. The smallest absolute Gasteiger partial charge is 0.265 e. The second-order valence-electron chi connectivity index (χ2n) is 5.35. The van der Waals surface area contributed by atoms with Crippen LogP contribution in [0.2, 0.25) is 0 Å². The van der Waals surface area contributed by atoms with Gasteiger partial charge in [0.05, 0.1) is 11.2 Å². The third-order valence-corrected chi connectivity index (χ3v) is 4.75. The Labute approximate surface area is 125 Å². The molecule has 1 aliphatic rings. The number of hydrogen-bond donors (Lipinski definition) is 1. The van der Waals surface area contributed by atoms with Crippen LogP contribution in [0, 0.1) is 0 Å². The minimum absolute atomic E-state index is 0.179. The summed E-state index contributed by atoms with van der Waals surface area (Å²) in [5, 5.41) is 4.44. The average Bonchev–Trinajstić information content (AvgIpc) is 2.94. The molecule has 1 aromatic heterocycles. The molecular formula is C15H25N3OS. The normalized spacial score (nSPS) is 16.3. The number of aromatic nitrogens is 1. The number of rotatable bonds is 6. The van der Waals surface area contributed by atoms with Crippen molar-refractivity contribution in [2.75, 3.05) is 19.6 Å². The van der Waals surface area contributed by atoms with Crippen molar-refractivity contribution in [3.63, 3.8) is 0 Å². The lowest BCUT2D eigenvalue weighted by Crippen LogP contribution is -2.46. The van der Waals surface area contributed by atoms with E-state index in [0.717, 1.165) is 61.6 Å². The van der Waals surface area contributed by atoms with Crippen LogP contribution >= 0.6 is 11.3 Å². The number of nitrogens with zero attached hydrogens (tertiary/aromatic N) is 2. The van der Waals surface area contributed by atoms with Gasteiger partial charge in [-0.15, -0.1) is 11.3 Å². The predicted molar refractivity (Wildman–Crippen MR) is 83.3 cm³/mol. The first-order chi connectivity index (χ1) is 9.76. The van der Waals surface area contributed by atoms with E-state index in [2.05, 4.69) is 29.0 Å². The number of piperidine rings is 1. The summed E-state index contributed by atoms with van der Waals surface area (Å²) in [5.41, 5.74) is 0. The third kappa shape index (κ3) is 3.79. The Kier molecular flexibility index (Phi) is 5.98. The highest BCUT2D eigenvalue weighted by molar-refractivity contribution is 7.13. The SMILES string of the molecule is CCCc1ncc(C(=O)N(CCC)C2CCNCC2)s1. The van der Waals surface area contributed by atoms with Crippen molar-refractivity contribution < 1.29 is 4.79 Å². The van der Waals surface area contributed by atoms with Gasteiger partial charge in [-0.3, -0.25) is 4.79 Å². The van der Waals surface area contributed by atoms with Crippen molar-refractivity contribution in [1.29, 1.82) is 0 Å². The molecule has 1 N–H and O–H groups in total. The Hall–Kier alpha value is -0.940. The first kappa shape index (κ1) is 15.4. The molecule has 0 radical (unpaired) electrons. The van der Waals surface area contributed by atoms with Gasteiger partial charge in [0.1, 0.15) is 4.88 Å². The van der Waals surface area contributed by atoms with Crippen LogP contribution in [0.1, 0.15) is 54.2 Å². The Bertz CT molecular complexity index is 427. The first-order valence-electron chi connectivity index (χ1n) is 7.72. The molecule has 1 fully saturated rings. The molecule has 0 bridgehead atoms. The number of carbonyl (C=O) groups excluding carboxylic acids is 1. The van der Waals surface area contributed by atoms with E-state index < -0.39 is 0 Å². The van der Waals surface area contributed by atoms with Crippen LogP contribution < -0.4 is 5.32 Å². The molecular weight excluding hydrogens is 270 g/mol. The maximum absolute atomic E-state index is 12.7. The van der Waals surface area contributed by atoms with E-state index in [1.165, 1.54) is 0 Å². The van der Waals surface area contributed by atoms with Gasteiger partial charge in [-0.1, -0.05) is 13.8 Å². The molecule has 0 aromatic carbocycles. The second-order valence-corrected chi connectivity index (χ2v) is 6.46. The maximum atomic E-state index is 12.7. The molecule has 4 nitrogen and oxygen atoms in total. The molecule has 1 amide bonds. The van der Waals surface area contributed by atoms with Gasteiger partial charge in [-0.05, 0) is 45.2 Å². The largest absolute Gasteiger partial charge is 0.335 e. The third-order valence-electron chi connectivity index (χ3n) is 3.70. The van der Waals surface area contributed by atoms with Gasteiger partial charge in [0.15, 0.2) is 0 Å². The van der Waals surface area contributed by atoms with Gasteiger partial charge >= 0.3 is 0 Å². The van der Waals surface area contributed by atoms with E-state index in [1.54, 1.807) is 17.5 Å². The summed E-state index contributed by atoms with van der Waals surface area (Å²) in [7, 11) is 0. The number of hydrogen-bond acceptors (Lipinski definition) is 4. The Balaban J connectivity index is 2.08. The van der Waals surface area contributed by atoms with Crippen LogP contribution in [0.4, 0.5) is 0 Å². The molecule has 2 rings (SSSR count). The summed E-state index contributed by atoms with van der Waals surface area (Å²) < 4.78 is 0. The lowest BCUT2D eigenvalue weighted by Gasteiger charge is -2.34. The predicted octanol–water partition coefficient (Wildman–Crippen LogP) is 2.70. The number of nitrogens with one attached hydrogen (secondary N) is 1. The highest BCUT2D eigenvalue weighted by atomic mass is 32.1. The quantitative estimate of drug-likeness (QED) is 0.877. The van der Waals surface area contributed by atoms with Crippen molar-refractivity contribution >= 4 is 17.2 Å². The lowest BCUT2D eigenvalue weighted by molar-refractivity contribution is 0.0647. The fraction of sp³-hybridized carbons (Fsp3) is 0.733. The first-order valence-corrected chi connectivity index (χ1v) is 8.54. The summed E-state index contributed by atoms with van der Waals surface area (Å²) >= 11 is 1.57. The van der Waals surface area contributed by atoms with Crippen molar-refractivity contribution in [2.45, 2.75) is 52.0 Å². The topological polar surface area (TPSA) is 45.2 Å². The van der Waals surface area contributed by atoms with E-state index in [9.17, 15) is 4.79 Å². The monoisotopic (exact) mass is 295 g/mol. The zero-order valence-electron chi connectivity index (χ0n) is 12.5. The fourth-order valence-corrected chi connectivity index (χ4v) is 3.66. The van der Waals surface area contributed by atoms with Gasteiger partial charge in [-0.25, -0.2) is 4.98 Å². The van der Waals surface area contributed by atoms with Gasteiger partial charge in [0.25, 0.3) is 5.91 Å². The Morgan fingerprint density at radius 2 is 2.15 bits per heavy atom. The molecule has 20 heavy (non-hydrogen) atoms. The van der Waals surface area contributed by atoms with E-state index in [1.807, 2.05) is 0 Å². The maximum Gasteiger partial charge on any atom is 0.265 e. The second kappa shape index (κ2) is 7.74. The molecule has 0 spiro atoms. The highest BCUT2D eigenvalue weighted by Crippen LogP contribution is 2.21. The molecule has 1 aliphatic heterocycles. The van der Waals surface area contributed by atoms with Crippen molar-refractivity contribution in [3.05, 3.63) is 16.1 Å². The zero-order chi connectivity index (χ0) is 14.4. The van der Waals surface area contributed by atoms with Crippen molar-refractivity contribution in [2.24, 2.45) is 0 Å². The summed E-state index contributed by atoms with van der Waals surface area (Å²) in [6.45, 7) is 7.16. The molecule has 112 valence electrons.